The lowest BCUT2D eigenvalue weighted by Gasteiger charge is -2.38. The lowest BCUT2D eigenvalue weighted by molar-refractivity contribution is -0.162. The van der Waals surface area contributed by atoms with Crippen LogP contribution in [0.5, 0.6) is 0 Å². The molecule has 1 aliphatic rings. The molecule has 0 unspecified atom stereocenters. The van der Waals surface area contributed by atoms with Gasteiger partial charge in [0.25, 0.3) is 5.91 Å². The second kappa shape index (κ2) is 4.58. The highest BCUT2D eigenvalue weighted by Crippen LogP contribution is 2.31. The maximum absolute atomic E-state index is 12.8. The van der Waals surface area contributed by atoms with Gasteiger partial charge in [-0.2, -0.15) is 8.78 Å². The normalized spacial score (nSPS) is 24.1. The van der Waals surface area contributed by atoms with Crippen LogP contribution in [0.2, 0.25) is 0 Å². The molecular weight excluding hydrogens is 252 g/mol. The number of carbonyl (C=O) groups is 1. The summed E-state index contributed by atoms with van der Waals surface area (Å²) in [6.07, 6.45) is -1.19. The predicted molar refractivity (Wildman–Crippen MR) is 57.7 cm³/mol. The van der Waals surface area contributed by atoms with Crippen LogP contribution in [0.15, 0.2) is 30.3 Å². The molecule has 0 saturated carbocycles. The number of β-lactam (4-membered cyclic amide) rings is 1. The zero-order valence-corrected chi connectivity index (χ0v) is 9.45. The number of ether oxygens (including phenoxy) is 1. The van der Waals surface area contributed by atoms with Gasteiger partial charge in [0.15, 0.2) is 6.10 Å². The quantitative estimate of drug-likeness (QED) is 0.664. The van der Waals surface area contributed by atoms with E-state index < -0.39 is 23.4 Å². The molecule has 3 nitrogen and oxygen atoms in total. The van der Waals surface area contributed by atoms with Crippen molar-refractivity contribution in [1.29, 1.82) is 0 Å². The molecule has 0 aliphatic carbocycles. The van der Waals surface area contributed by atoms with E-state index in [-0.39, 0.29) is 6.61 Å². The molecule has 1 aromatic carbocycles. The molecule has 92 valence electrons. The zero-order valence-electron chi connectivity index (χ0n) is 8.70. The fourth-order valence-corrected chi connectivity index (χ4v) is 1.72. The molecule has 2 atom stereocenters. The number of nitrogens with one attached hydrogen (secondary N) is 1. The van der Waals surface area contributed by atoms with Crippen LogP contribution in [-0.2, 0) is 16.1 Å². The highest BCUT2D eigenvalue weighted by Gasteiger charge is 2.54. The monoisotopic (exact) mass is 261 g/mol. The minimum atomic E-state index is -3.49. The van der Waals surface area contributed by atoms with Crippen molar-refractivity contribution in [2.24, 2.45) is 0 Å². The van der Waals surface area contributed by atoms with E-state index in [0.717, 1.165) is 5.56 Å². The summed E-state index contributed by atoms with van der Waals surface area (Å²) in [6, 6.07) is 7.53. The summed E-state index contributed by atoms with van der Waals surface area (Å²) in [5, 5.41) is -1.47. The van der Waals surface area contributed by atoms with Crippen LogP contribution < -0.4 is 5.32 Å². The fraction of sp³-hybridized carbons (Fsp3) is 0.364. The molecule has 1 amide bonds. The van der Waals surface area contributed by atoms with Gasteiger partial charge in [0.2, 0.25) is 0 Å². The third-order valence-corrected chi connectivity index (χ3v) is 2.72. The Labute approximate surface area is 102 Å². The van der Waals surface area contributed by atoms with Crippen molar-refractivity contribution < 1.29 is 18.3 Å². The molecular formula is C11H10ClF2NO2. The number of alkyl halides is 3. The topological polar surface area (TPSA) is 38.3 Å². The van der Waals surface area contributed by atoms with E-state index in [0.29, 0.717) is 0 Å². The van der Waals surface area contributed by atoms with Gasteiger partial charge in [-0.1, -0.05) is 30.3 Å². The van der Waals surface area contributed by atoms with Crippen LogP contribution in [0.4, 0.5) is 8.78 Å². The average molecular weight is 262 g/mol. The predicted octanol–water partition coefficient (Wildman–Crippen LogP) is 1.90. The maximum atomic E-state index is 12.8. The zero-order chi connectivity index (χ0) is 12.5. The molecule has 1 aromatic rings. The van der Waals surface area contributed by atoms with E-state index in [1.807, 2.05) is 11.4 Å². The van der Waals surface area contributed by atoms with Gasteiger partial charge < -0.3 is 10.1 Å². The van der Waals surface area contributed by atoms with Gasteiger partial charge in [-0.05, 0) is 17.2 Å². The van der Waals surface area contributed by atoms with Crippen molar-refractivity contribution in [2.75, 3.05) is 0 Å². The first-order chi connectivity index (χ1) is 7.98. The summed E-state index contributed by atoms with van der Waals surface area (Å²) < 4.78 is 30.7. The molecule has 17 heavy (non-hydrogen) atoms. The number of rotatable bonds is 4. The Morgan fingerprint density at radius 2 is 2.00 bits per heavy atom. The van der Waals surface area contributed by atoms with Crippen molar-refractivity contribution >= 4 is 17.5 Å². The number of hydrogen-bond acceptors (Lipinski definition) is 2. The van der Waals surface area contributed by atoms with Crippen LogP contribution in [-0.4, -0.2) is 23.4 Å². The van der Waals surface area contributed by atoms with Gasteiger partial charge in [0.1, 0.15) is 6.04 Å². The second-order valence-electron chi connectivity index (χ2n) is 3.75. The Morgan fingerprint density at radius 3 is 2.53 bits per heavy atom. The van der Waals surface area contributed by atoms with Crippen molar-refractivity contribution in [3.05, 3.63) is 35.9 Å². The van der Waals surface area contributed by atoms with E-state index in [9.17, 15) is 13.6 Å². The van der Waals surface area contributed by atoms with Gasteiger partial charge in [0.05, 0.1) is 6.61 Å². The van der Waals surface area contributed by atoms with Gasteiger partial charge in [-0.3, -0.25) is 4.79 Å². The molecule has 6 heteroatoms. The molecule has 1 fully saturated rings. The third kappa shape index (κ3) is 2.73. The first-order valence-electron chi connectivity index (χ1n) is 5.01. The Hall–Kier alpha value is -1.20. The fourth-order valence-electron chi connectivity index (χ4n) is 1.55. The van der Waals surface area contributed by atoms with Gasteiger partial charge in [-0.25, -0.2) is 0 Å². The molecule has 0 bridgehead atoms. The summed E-state index contributed by atoms with van der Waals surface area (Å²) in [7, 11) is 0. The summed E-state index contributed by atoms with van der Waals surface area (Å²) in [4.78, 5) is 11.1. The molecule has 1 saturated heterocycles. The summed E-state index contributed by atoms with van der Waals surface area (Å²) in [6.45, 7) is 0.0996. The van der Waals surface area contributed by atoms with Crippen molar-refractivity contribution in [1.82, 2.24) is 5.32 Å². The maximum Gasteiger partial charge on any atom is 0.344 e. The Bertz CT molecular complexity index is 408. The van der Waals surface area contributed by atoms with E-state index in [2.05, 4.69) is 0 Å². The van der Waals surface area contributed by atoms with E-state index in [1.165, 1.54) is 0 Å². The van der Waals surface area contributed by atoms with E-state index >= 15 is 0 Å². The lowest BCUT2D eigenvalue weighted by atomic mass is 10.0. The second-order valence-corrected chi connectivity index (χ2v) is 4.25. The first-order valence-corrected chi connectivity index (χ1v) is 5.39. The number of amides is 1. The molecule has 0 spiro atoms. The largest absolute Gasteiger partial charge is 0.361 e. The van der Waals surface area contributed by atoms with Crippen LogP contribution >= 0.6 is 11.6 Å². The van der Waals surface area contributed by atoms with E-state index in [1.54, 1.807) is 24.3 Å². The van der Waals surface area contributed by atoms with Crippen LogP contribution in [0.1, 0.15) is 5.56 Å². The van der Waals surface area contributed by atoms with Crippen molar-refractivity contribution in [3.63, 3.8) is 0 Å². The minimum absolute atomic E-state index is 0.0996. The molecule has 1 heterocycles. The minimum Gasteiger partial charge on any atom is -0.361 e. The summed E-state index contributed by atoms with van der Waals surface area (Å²) in [5.41, 5.74) is 0.809. The summed E-state index contributed by atoms with van der Waals surface area (Å²) >= 11 is 4.85. The first kappa shape index (κ1) is 12.3. The molecule has 0 radical (unpaired) electrons. The molecule has 2 rings (SSSR count). The number of carbonyl (C=O) groups excluding carboxylic acids is 1. The van der Waals surface area contributed by atoms with Gasteiger partial charge >= 0.3 is 5.38 Å². The van der Waals surface area contributed by atoms with Crippen LogP contribution in [0.3, 0.4) is 0 Å². The highest BCUT2D eigenvalue weighted by atomic mass is 35.5. The number of hydrogen-bond donors (Lipinski definition) is 1. The SMILES string of the molecule is O=C1N[C@@H](C(F)(F)Cl)[C@H]1OCc1ccccc1. The van der Waals surface area contributed by atoms with Gasteiger partial charge in [-0.15, -0.1) is 0 Å². The van der Waals surface area contributed by atoms with Crippen LogP contribution in [0.25, 0.3) is 0 Å². The third-order valence-electron chi connectivity index (χ3n) is 2.48. The number of benzene rings is 1. The number of halogens is 3. The Morgan fingerprint density at radius 1 is 1.35 bits per heavy atom. The summed E-state index contributed by atoms with van der Waals surface area (Å²) in [5.74, 6) is -0.564. The molecule has 0 aromatic heterocycles. The average Bonchev–Trinajstić information content (AvgIpc) is 2.26. The van der Waals surface area contributed by atoms with Crippen LogP contribution in [0, 0.1) is 0 Å². The molecule has 1 N–H and O–H groups in total. The van der Waals surface area contributed by atoms with E-state index in [4.69, 9.17) is 16.3 Å². The Balaban J connectivity index is 1.93. The van der Waals surface area contributed by atoms with Gasteiger partial charge in [0, 0.05) is 0 Å². The molecule has 1 aliphatic heterocycles. The Kier molecular flexibility index (Phi) is 3.31. The lowest BCUT2D eigenvalue weighted by Crippen LogP contribution is -2.68. The smallest absolute Gasteiger partial charge is 0.344 e. The van der Waals surface area contributed by atoms with Crippen molar-refractivity contribution in [2.45, 2.75) is 24.1 Å². The highest BCUT2D eigenvalue weighted by molar-refractivity contribution is 6.23. The standard InChI is InChI=1S/C11H10ClF2NO2/c12-11(13,14)9-8(10(16)15-9)17-6-7-4-2-1-3-5-7/h1-5,8-9H,6H2,(H,15,16)/t8-,9-/m1/s1. The van der Waals surface area contributed by atoms with Crippen molar-refractivity contribution in [3.8, 4) is 0 Å².